The van der Waals surface area contributed by atoms with Crippen LogP contribution >= 0.6 is 11.8 Å². The Bertz CT molecular complexity index is 490. The molecule has 0 aromatic carbocycles. The zero-order valence-corrected chi connectivity index (χ0v) is 11.3. The first kappa shape index (κ1) is 14.6. The van der Waals surface area contributed by atoms with Gasteiger partial charge in [-0.25, -0.2) is 0 Å². The van der Waals surface area contributed by atoms with Crippen molar-refractivity contribution in [3.05, 3.63) is 22.2 Å². The molecule has 1 aromatic heterocycles. The van der Waals surface area contributed by atoms with E-state index in [2.05, 4.69) is 4.74 Å². The highest BCUT2D eigenvalue weighted by Gasteiger charge is 2.15. The Kier molecular flexibility index (Phi) is 5.21. The Labute approximate surface area is 108 Å². The van der Waals surface area contributed by atoms with E-state index < -0.39 is 11.5 Å². The van der Waals surface area contributed by atoms with Gasteiger partial charge in [0.25, 0.3) is 11.5 Å². The fraction of sp³-hybridized carbons (Fsp3) is 0.545. The maximum atomic E-state index is 11.7. The highest BCUT2D eigenvalue weighted by Crippen LogP contribution is 2.14. The fourth-order valence-electron chi connectivity index (χ4n) is 1.27. The molecule has 0 saturated carbocycles. The zero-order chi connectivity index (χ0) is 13.7. The highest BCUT2D eigenvalue weighted by atomic mass is 32.2. The molecule has 0 N–H and O–H groups in total. The third-order valence-electron chi connectivity index (χ3n) is 2.16. The summed E-state index contributed by atoms with van der Waals surface area (Å²) >= 11 is 1.27. The quantitative estimate of drug-likeness (QED) is 0.747. The van der Waals surface area contributed by atoms with Gasteiger partial charge >= 0.3 is 5.97 Å². The second kappa shape index (κ2) is 6.44. The number of aromatic nitrogens is 1. The third kappa shape index (κ3) is 4.06. The number of rotatable bonds is 5. The molecule has 1 unspecified atom stereocenters. The molecular weight excluding hydrogens is 258 g/mol. The average Bonchev–Trinajstić information content (AvgIpc) is 2.65. The summed E-state index contributed by atoms with van der Waals surface area (Å²) in [6.07, 6.45) is 0.223. The number of hydrogen-bond donors (Lipinski definition) is 0. The monoisotopic (exact) mass is 273 g/mol. The number of hydrogen-bond acceptors (Lipinski definition) is 6. The predicted molar refractivity (Wildman–Crippen MR) is 66.9 cm³/mol. The van der Waals surface area contributed by atoms with Crippen molar-refractivity contribution in [2.75, 3.05) is 12.9 Å². The minimum atomic E-state index is -0.473. The molecule has 1 aromatic rings. The topological polar surface area (TPSA) is 78.5 Å². The number of esters is 1. The van der Waals surface area contributed by atoms with Crippen molar-refractivity contribution in [1.82, 2.24) is 4.74 Å². The normalized spacial score (nSPS) is 12.2. The molecule has 0 aliphatic rings. The summed E-state index contributed by atoms with van der Waals surface area (Å²) in [5.41, 5.74) is -0.473. The van der Waals surface area contributed by atoms with E-state index in [1.807, 2.05) is 6.92 Å². The summed E-state index contributed by atoms with van der Waals surface area (Å²) in [4.78, 5) is 34.0. The molecule has 0 aliphatic carbocycles. The molecule has 0 amide bonds. The van der Waals surface area contributed by atoms with Crippen LogP contribution in [0.2, 0.25) is 0 Å². The summed E-state index contributed by atoms with van der Waals surface area (Å²) in [5.74, 6) is -0.297. The molecule has 7 heteroatoms. The highest BCUT2D eigenvalue weighted by molar-refractivity contribution is 8.00. The van der Waals surface area contributed by atoms with Crippen molar-refractivity contribution in [3.8, 4) is 0 Å². The number of aryl methyl sites for hydroxylation is 1. The van der Waals surface area contributed by atoms with Gasteiger partial charge in [0.2, 0.25) is 0 Å². The minimum Gasteiger partial charge on any atom is -0.469 e. The van der Waals surface area contributed by atoms with E-state index in [4.69, 9.17) is 4.52 Å². The van der Waals surface area contributed by atoms with Gasteiger partial charge in [0, 0.05) is 11.3 Å². The minimum absolute atomic E-state index is 0.0619. The summed E-state index contributed by atoms with van der Waals surface area (Å²) in [6.45, 7) is 3.41. The summed E-state index contributed by atoms with van der Waals surface area (Å²) in [6, 6.07) is 1.25. The van der Waals surface area contributed by atoms with Crippen LogP contribution in [0, 0.1) is 6.92 Å². The Morgan fingerprint density at radius 1 is 1.56 bits per heavy atom. The van der Waals surface area contributed by atoms with Crippen LogP contribution in [0.3, 0.4) is 0 Å². The third-order valence-corrected chi connectivity index (χ3v) is 3.31. The largest absolute Gasteiger partial charge is 0.469 e. The molecular formula is C11H15NO5S. The molecule has 1 heterocycles. The maximum Gasteiger partial charge on any atom is 0.306 e. The van der Waals surface area contributed by atoms with Gasteiger partial charge in [0.15, 0.2) is 0 Å². The average molecular weight is 273 g/mol. The summed E-state index contributed by atoms with van der Waals surface area (Å²) in [7, 11) is 1.32. The predicted octanol–water partition coefficient (Wildman–Crippen LogP) is 1.07. The molecule has 18 heavy (non-hydrogen) atoms. The van der Waals surface area contributed by atoms with Gasteiger partial charge in [-0.3, -0.25) is 14.4 Å². The zero-order valence-electron chi connectivity index (χ0n) is 10.5. The van der Waals surface area contributed by atoms with Gasteiger partial charge in [0.1, 0.15) is 5.76 Å². The van der Waals surface area contributed by atoms with E-state index in [0.29, 0.717) is 5.76 Å². The smallest absolute Gasteiger partial charge is 0.306 e. The van der Waals surface area contributed by atoms with Gasteiger partial charge in [-0.15, -0.1) is 16.5 Å². The number of methoxy groups -OCH3 is 1. The van der Waals surface area contributed by atoms with Gasteiger partial charge in [-0.2, -0.15) is 0 Å². The molecule has 0 aliphatic heterocycles. The molecule has 6 nitrogen and oxygen atoms in total. The standard InChI is InChI=1S/C11H15NO5S/c1-7-4-9(13)12(17-7)10(14)6-18-8(2)5-11(15)16-3/h4,8H,5-6H2,1-3H3. The van der Waals surface area contributed by atoms with Gasteiger partial charge < -0.3 is 9.26 Å². The van der Waals surface area contributed by atoms with Crippen molar-refractivity contribution in [3.63, 3.8) is 0 Å². The number of carbonyl (C=O) groups is 2. The van der Waals surface area contributed by atoms with E-state index in [1.54, 1.807) is 6.92 Å². The second-order valence-corrected chi connectivity index (χ2v) is 5.20. The van der Waals surface area contributed by atoms with Gasteiger partial charge in [0.05, 0.1) is 19.3 Å². The van der Waals surface area contributed by atoms with Crippen LogP contribution in [0.1, 0.15) is 23.9 Å². The van der Waals surface area contributed by atoms with E-state index in [-0.39, 0.29) is 23.4 Å². The van der Waals surface area contributed by atoms with Crippen LogP contribution in [0.4, 0.5) is 0 Å². The van der Waals surface area contributed by atoms with E-state index in [1.165, 1.54) is 24.9 Å². The maximum absolute atomic E-state index is 11.7. The van der Waals surface area contributed by atoms with Crippen LogP contribution in [-0.2, 0) is 9.53 Å². The lowest BCUT2D eigenvalue weighted by Crippen LogP contribution is -2.24. The lowest BCUT2D eigenvalue weighted by molar-refractivity contribution is -0.140. The van der Waals surface area contributed by atoms with E-state index in [9.17, 15) is 14.4 Å². The Morgan fingerprint density at radius 3 is 2.72 bits per heavy atom. The fourth-order valence-corrected chi connectivity index (χ4v) is 2.07. The van der Waals surface area contributed by atoms with E-state index >= 15 is 0 Å². The number of ether oxygens (including phenoxy) is 1. The SMILES string of the molecule is COC(=O)CC(C)SCC(=O)n1oc(C)cc1=O. The van der Waals surface area contributed by atoms with Crippen molar-refractivity contribution in [1.29, 1.82) is 0 Å². The van der Waals surface area contributed by atoms with Crippen molar-refractivity contribution in [2.45, 2.75) is 25.5 Å². The van der Waals surface area contributed by atoms with Crippen LogP contribution in [-0.4, -0.2) is 34.7 Å². The summed E-state index contributed by atoms with van der Waals surface area (Å²) < 4.78 is 10.2. The van der Waals surface area contributed by atoms with Crippen LogP contribution in [0.25, 0.3) is 0 Å². The van der Waals surface area contributed by atoms with Crippen molar-refractivity contribution in [2.24, 2.45) is 0 Å². The molecule has 100 valence electrons. The van der Waals surface area contributed by atoms with Crippen LogP contribution in [0.15, 0.2) is 15.4 Å². The van der Waals surface area contributed by atoms with E-state index in [0.717, 1.165) is 4.74 Å². The van der Waals surface area contributed by atoms with Crippen LogP contribution < -0.4 is 5.56 Å². The summed E-state index contributed by atoms with van der Waals surface area (Å²) in [5, 5.41) is -0.0619. The lowest BCUT2D eigenvalue weighted by atomic mass is 10.3. The first-order valence-corrected chi connectivity index (χ1v) is 6.40. The molecule has 0 spiro atoms. The number of thioether (sulfide) groups is 1. The first-order valence-electron chi connectivity index (χ1n) is 5.35. The Hall–Kier alpha value is -1.50. The number of carbonyl (C=O) groups excluding carboxylic acids is 2. The Morgan fingerprint density at radius 2 is 2.22 bits per heavy atom. The molecule has 0 radical (unpaired) electrons. The molecule has 0 fully saturated rings. The molecule has 0 saturated heterocycles. The number of nitrogens with zero attached hydrogens (tertiary/aromatic N) is 1. The van der Waals surface area contributed by atoms with Gasteiger partial charge in [-0.1, -0.05) is 6.92 Å². The van der Waals surface area contributed by atoms with Crippen LogP contribution in [0.5, 0.6) is 0 Å². The van der Waals surface area contributed by atoms with Crippen molar-refractivity contribution >= 4 is 23.6 Å². The Balaban J connectivity index is 2.49. The lowest BCUT2D eigenvalue weighted by Gasteiger charge is -2.08. The second-order valence-electron chi connectivity index (χ2n) is 3.77. The first-order chi connectivity index (χ1) is 8.43. The molecule has 0 bridgehead atoms. The van der Waals surface area contributed by atoms with Gasteiger partial charge in [-0.05, 0) is 6.92 Å². The molecule has 1 rings (SSSR count). The van der Waals surface area contributed by atoms with Crippen molar-refractivity contribution < 1.29 is 18.8 Å². The molecule has 1 atom stereocenters.